The molecular weight excluding hydrogens is 500 g/mol. The van der Waals surface area contributed by atoms with E-state index in [1.165, 1.54) is 18.5 Å². The predicted molar refractivity (Wildman–Crippen MR) is 133 cm³/mol. The lowest BCUT2D eigenvalue weighted by Crippen LogP contribution is -2.09. The minimum atomic E-state index is -0.415. The summed E-state index contributed by atoms with van der Waals surface area (Å²) in [6.07, 6.45) is 8.11. The Morgan fingerprint density at radius 1 is 1.09 bits per heavy atom. The summed E-state index contributed by atoms with van der Waals surface area (Å²) in [4.78, 5) is 39.7. The summed E-state index contributed by atoms with van der Waals surface area (Å²) in [5.74, 6) is 0.591. The Morgan fingerprint density at radius 3 is 2.82 bits per heavy atom. The van der Waals surface area contributed by atoms with E-state index in [9.17, 15) is 9.59 Å². The molecule has 0 aliphatic heterocycles. The average Bonchev–Trinajstić information content (AvgIpc) is 3.33. The molecule has 2 aromatic heterocycles. The normalized spacial score (nSPS) is 11.0. The Morgan fingerprint density at radius 2 is 2.00 bits per heavy atom. The Hall–Kier alpha value is -4.05. The van der Waals surface area contributed by atoms with Gasteiger partial charge < -0.3 is 20.4 Å². The van der Waals surface area contributed by atoms with Gasteiger partial charge in [0, 0.05) is 40.0 Å². The molecule has 0 spiro atoms. The number of carbonyl (C=O) groups is 2. The van der Waals surface area contributed by atoms with Gasteiger partial charge in [0.1, 0.15) is 18.0 Å². The highest BCUT2D eigenvalue weighted by Gasteiger charge is 2.08. The van der Waals surface area contributed by atoms with E-state index in [0.717, 1.165) is 26.9 Å². The van der Waals surface area contributed by atoms with Gasteiger partial charge in [-0.3, -0.25) is 9.59 Å². The van der Waals surface area contributed by atoms with Crippen molar-refractivity contribution in [3.05, 3.63) is 83.6 Å². The molecule has 2 heterocycles. The number of esters is 1. The van der Waals surface area contributed by atoms with Crippen LogP contribution in [0.25, 0.3) is 10.9 Å². The van der Waals surface area contributed by atoms with Gasteiger partial charge in [-0.1, -0.05) is 28.1 Å². The van der Waals surface area contributed by atoms with Gasteiger partial charge in [-0.15, -0.1) is 0 Å². The molecule has 0 fully saturated rings. The molecule has 0 bridgehead atoms. The summed E-state index contributed by atoms with van der Waals surface area (Å²) in [7, 11) is 0. The van der Waals surface area contributed by atoms with Crippen molar-refractivity contribution in [3.8, 4) is 0 Å². The number of hydrogen-bond acceptors (Lipinski definition) is 7. The molecule has 0 aliphatic carbocycles. The molecular formula is C24H21BrN6O3. The van der Waals surface area contributed by atoms with E-state index >= 15 is 0 Å². The van der Waals surface area contributed by atoms with Crippen molar-refractivity contribution in [2.45, 2.75) is 12.8 Å². The summed E-state index contributed by atoms with van der Waals surface area (Å²) >= 11 is 3.45. The third-order valence-electron chi connectivity index (χ3n) is 4.70. The Labute approximate surface area is 203 Å². The number of nitrogens with zero attached hydrogens (tertiary/aromatic N) is 3. The van der Waals surface area contributed by atoms with Crippen LogP contribution in [0.3, 0.4) is 0 Å². The lowest BCUT2D eigenvalue weighted by atomic mass is 10.2. The van der Waals surface area contributed by atoms with Crippen LogP contribution < -0.4 is 10.6 Å². The number of anilines is 3. The molecule has 2 aromatic carbocycles. The van der Waals surface area contributed by atoms with E-state index in [1.807, 2.05) is 24.3 Å². The second-order valence-electron chi connectivity index (χ2n) is 7.19. The van der Waals surface area contributed by atoms with Crippen LogP contribution in [0.15, 0.2) is 77.8 Å². The van der Waals surface area contributed by atoms with E-state index in [0.29, 0.717) is 17.9 Å². The number of H-pyrrole nitrogens is 1. The number of rotatable bonds is 9. The van der Waals surface area contributed by atoms with E-state index in [1.54, 1.807) is 30.6 Å². The number of hydrogen-bond donors (Lipinski definition) is 3. The summed E-state index contributed by atoms with van der Waals surface area (Å²) in [6.45, 7) is 0.224. The monoisotopic (exact) mass is 520 g/mol. The molecule has 4 aromatic rings. The highest BCUT2D eigenvalue weighted by atomic mass is 79.9. The lowest BCUT2D eigenvalue weighted by molar-refractivity contribution is -0.142. The average molecular weight is 521 g/mol. The molecule has 172 valence electrons. The maximum atomic E-state index is 12.3. The molecule has 1 amide bonds. The van der Waals surface area contributed by atoms with Crippen molar-refractivity contribution < 1.29 is 14.3 Å². The standard InChI is InChI=1S/C24H21BrN6O3/c25-16-3-1-4-17(13-16)31-24-19-14-18(7-8-20(19)28-15-29-24)30-22(32)5-2-6-23(33)34-12-9-21-26-10-11-27-21/h1-5,7-8,10-11,13-15H,6,9,12H2,(H,26,27)(H,30,32)(H,28,29,31). The molecule has 10 heteroatoms. The number of amides is 1. The molecule has 9 nitrogen and oxygen atoms in total. The van der Waals surface area contributed by atoms with Crippen molar-refractivity contribution in [1.82, 2.24) is 19.9 Å². The first-order valence-corrected chi connectivity index (χ1v) is 11.2. The van der Waals surface area contributed by atoms with Gasteiger partial charge in [0.25, 0.3) is 0 Å². The van der Waals surface area contributed by atoms with E-state index in [4.69, 9.17) is 4.74 Å². The molecule has 4 rings (SSSR count). The second-order valence-corrected chi connectivity index (χ2v) is 8.11. The van der Waals surface area contributed by atoms with Gasteiger partial charge in [-0.2, -0.15) is 0 Å². The number of fused-ring (bicyclic) bond motifs is 1. The highest BCUT2D eigenvalue weighted by molar-refractivity contribution is 9.10. The van der Waals surface area contributed by atoms with E-state index in [2.05, 4.69) is 46.5 Å². The van der Waals surface area contributed by atoms with Crippen LogP contribution in [-0.2, 0) is 20.7 Å². The quantitative estimate of drug-likeness (QED) is 0.219. The highest BCUT2D eigenvalue weighted by Crippen LogP contribution is 2.27. The number of nitrogens with one attached hydrogen (secondary N) is 3. The third kappa shape index (κ3) is 6.48. The maximum absolute atomic E-state index is 12.3. The van der Waals surface area contributed by atoms with Gasteiger partial charge in [-0.05, 0) is 42.5 Å². The van der Waals surface area contributed by atoms with Crippen molar-refractivity contribution in [2.24, 2.45) is 0 Å². The van der Waals surface area contributed by atoms with E-state index < -0.39 is 5.97 Å². The number of imidazole rings is 1. The second kappa shape index (κ2) is 11.2. The fraction of sp³-hybridized carbons (Fsp3) is 0.125. The molecule has 0 saturated carbocycles. The number of benzene rings is 2. The summed E-state index contributed by atoms with van der Waals surface area (Å²) in [6, 6.07) is 13.1. The van der Waals surface area contributed by atoms with Crippen LogP contribution in [0.4, 0.5) is 17.2 Å². The number of carbonyl (C=O) groups excluding carboxylic acids is 2. The number of aromatic nitrogens is 4. The smallest absolute Gasteiger partial charge is 0.309 e. The SMILES string of the molecule is O=C(C=CCC(=O)OCCc1ncc[nH]1)Nc1ccc2ncnc(Nc3cccc(Br)c3)c2c1. The van der Waals surface area contributed by atoms with Crippen LogP contribution in [0, 0.1) is 0 Å². The zero-order valence-corrected chi connectivity index (χ0v) is 19.6. The minimum absolute atomic E-state index is 0.00214. The van der Waals surface area contributed by atoms with Crippen molar-refractivity contribution in [1.29, 1.82) is 0 Å². The molecule has 34 heavy (non-hydrogen) atoms. The zero-order chi connectivity index (χ0) is 23.8. The first kappa shape index (κ1) is 23.1. The third-order valence-corrected chi connectivity index (χ3v) is 5.19. The van der Waals surface area contributed by atoms with Crippen LogP contribution in [0.5, 0.6) is 0 Å². The van der Waals surface area contributed by atoms with Gasteiger partial charge in [0.15, 0.2) is 0 Å². The number of ether oxygens (including phenoxy) is 1. The Bertz CT molecular complexity index is 1320. The van der Waals surface area contributed by atoms with Gasteiger partial charge in [0.05, 0.1) is 18.5 Å². The topological polar surface area (TPSA) is 122 Å². The summed E-state index contributed by atoms with van der Waals surface area (Å²) in [5.41, 5.74) is 2.18. The number of halogens is 1. The zero-order valence-electron chi connectivity index (χ0n) is 18.0. The molecule has 0 saturated heterocycles. The lowest BCUT2D eigenvalue weighted by Gasteiger charge is -2.10. The maximum Gasteiger partial charge on any atom is 0.309 e. The van der Waals surface area contributed by atoms with E-state index in [-0.39, 0.29) is 18.9 Å². The van der Waals surface area contributed by atoms with Gasteiger partial charge >= 0.3 is 5.97 Å². The Kier molecular flexibility index (Phi) is 7.61. The summed E-state index contributed by atoms with van der Waals surface area (Å²) < 4.78 is 6.07. The van der Waals surface area contributed by atoms with Crippen LogP contribution in [0.1, 0.15) is 12.2 Å². The predicted octanol–water partition coefficient (Wildman–Crippen LogP) is 4.53. The Balaban J connectivity index is 1.34. The van der Waals surface area contributed by atoms with Crippen molar-refractivity contribution in [3.63, 3.8) is 0 Å². The fourth-order valence-corrected chi connectivity index (χ4v) is 3.54. The number of aromatic amines is 1. The van der Waals surface area contributed by atoms with Gasteiger partial charge in [-0.25, -0.2) is 15.0 Å². The first-order chi connectivity index (χ1) is 16.6. The molecule has 0 atom stereocenters. The van der Waals surface area contributed by atoms with Crippen molar-refractivity contribution in [2.75, 3.05) is 17.2 Å². The largest absolute Gasteiger partial charge is 0.465 e. The molecule has 0 aliphatic rings. The summed E-state index contributed by atoms with van der Waals surface area (Å²) in [5, 5.41) is 6.82. The van der Waals surface area contributed by atoms with Crippen LogP contribution >= 0.6 is 15.9 Å². The molecule has 0 unspecified atom stereocenters. The first-order valence-electron chi connectivity index (χ1n) is 10.5. The molecule has 0 radical (unpaired) electrons. The van der Waals surface area contributed by atoms with Crippen LogP contribution in [-0.4, -0.2) is 38.4 Å². The van der Waals surface area contributed by atoms with Crippen molar-refractivity contribution >= 4 is 55.9 Å². The molecule has 3 N–H and O–H groups in total. The van der Waals surface area contributed by atoms with Gasteiger partial charge in [0.2, 0.25) is 5.91 Å². The van der Waals surface area contributed by atoms with Crippen LogP contribution in [0.2, 0.25) is 0 Å². The fourth-order valence-electron chi connectivity index (χ4n) is 3.14. The minimum Gasteiger partial charge on any atom is -0.465 e.